The molecule has 0 saturated heterocycles. The van der Waals surface area contributed by atoms with Gasteiger partial charge in [0.05, 0.1) is 0 Å². The second-order valence-electron chi connectivity index (χ2n) is 6.62. The Bertz CT molecular complexity index is 1060. The van der Waals surface area contributed by atoms with E-state index in [0.29, 0.717) is 28.2 Å². The molecule has 6 nitrogen and oxygen atoms in total. The number of aryl methyl sites for hydroxylation is 1. The first-order valence-electron chi connectivity index (χ1n) is 9.08. The summed E-state index contributed by atoms with van der Waals surface area (Å²) >= 11 is 0. The van der Waals surface area contributed by atoms with Gasteiger partial charge in [0.15, 0.2) is 0 Å². The van der Waals surface area contributed by atoms with Crippen LogP contribution in [-0.4, -0.2) is 17.7 Å². The zero-order valence-corrected chi connectivity index (χ0v) is 16.2. The number of hydrogen-bond donors (Lipinski definition) is 3. The highest BCUT2D eigenvalue weighted by atomic mass is 16.2. The zero-order chi connectivity index (χ0) is 20.8. The van der Waals surface area contributed by atoms with Gasteiger partial charge in [-0.05, 0) is 61.5 Å². The lowest BCUT2D eigenvalue weighted by Gasteiger charge is -2.09. The number of nitrogens with one attached hydrogen (secondary N) is 3. The summed E-state index contributed by atoms with van der Waals surface area (Å²) in [7, 11) is 0. The molecule has 0 aromatic heterocycles. The molecule has 3 aromatic carbocycles. The van der Waals surface area contributed by atoms with E-state index < -0.39 is 0 Å². The van der Waals surface area contributed by atoms with E-state index in [0.717, 1.165) is 5.56 Å². The maximum Gasteiger partial charge on any atom is 0.255 e. The molecule has 0 aliphatic rings. The Hall–Kier alpha value is -3.93. The first kappa shape index (κ1) is 19.8. The van der Waals surface area contributed by atoms with E-state index >= 15 is 0 Å². The summed E-state index contributed by atoms with van der Waals surface area (Å²) in [6.45, 7) is 3.35. The van der Waals surface area contributed by atoms with Crippen molar-refractivity contribution in [1.82, 2.24) is 0 Å². The fourth-order valence-electron chi connectivity index (χ4n) is 2.77. The highest BCUT2D eigenvalue weighted by Crippen LogP contribution is 2.17. The third-order valence-corrected chi connectivity index (χ3v) is 4.13. The molecule has 0 atom stereocenters. The van der Waals surface area contributed by atoms with Crippen LogP contribution < -0.4 is 16.0 Å². The quantitative estimate of drug-likeness (QED) is 0.604. The minimum Gasteiger partial charge on any atom is -0.326 e. The standard InChI is InChI=1S/C23H21N3O3/c1-15-5-3-6-17(13-15)22(28)26-21-8-4-7-18(14-21)23(29)25-20-11-9-19(10-12-20)24-16(2)27/h3-14H,1-2H3,(H,24,27)(H,25,29)(H,26,28). The summed E-state index contributed by atoms with van der Waals surface area (Å²) in [5.41, 5.74) is 3.74. The summed E-state index contributed by atoms with van der Waals surface area (Å²) in [6, 6.07) is 20.8. The van der Waals surface area contributed by atoms with Gasteiger partial charge in [-0.1, -0.05) is 23.8 Å². The predicted octanol–water partition coefficient (Wildman–Crippen LogP) is 4.46. The monoisotopic (exact) mass is 387 g/mol. The lowest BCUT2D eigenvalue weighted by atomic mass is 10.1. The Labute approximate surface area is 169 Å². The third-order valence-electron chi connectivity index (χ3n) is 4.13. The van der Waals surface area contributed by atoms with Crippen molar-refractivity contribution in [3.05, 3.63) is 89.5 Å². The fraction of sp³-hybridized carbons (Fsp3) is 0.0870. The normalized spacial score (nSPS) is 10.1. The molecular weight excluding hydrogens is 366 g/mol. The minimum atomic E-state index is -0.302. The number of hydrogen-bond acceptors (Lipinski definition) is 3. The van der Waals surface area contributed by atoms with Gasteiger partial charge in [0.2, 0.25) is 5.91 Å². The molecule has 0 aliphatic heterocycles. The summed E-state index contributed by atoms with van der Waals surface area (Å²) < 4.78 is 0. The van der Waals surface area contributed by atoms with Crippen LogP contribution in [0.2, 0.25) is 0 Å². The largest absolute Gasteiger partial charge is 0.326 e. The van der Waals surface area contributed by atoms with Crippen molar-refractivity contribution < 1.29 is 14.4 Å². The topological polar surface area (TPSA) is 87.3 Å². The third kappa shape index (κ3) is 5.52. The summed E-state index contributed by atoms with van der Waals surface area (Å²) in [5.74, 6) is -0.699. The average Bonchev–Trinajstić information content (AvgIpc) is 2.69. The second-order valence-corrected chi connectivity index (χ2v) is 6.62. The van der Waals surface area contributed by atoms with Crippen molar-refractivity contribution in [1.29, 1.82) is 0 Å². The number of amides is 3. The molecule has 0 bridgehead atoms. The lowest BCUT2D eigenvalue weighted by Crippen LogP contribution is -2.14. The van der Waals surface area contributed by atoms with Gasteiger partial charge < -0.3 is 16.0 Å². The van der Waals surface area contributed by atoms with Gasteiger partial charge in [0, 0.05) is 35.1 Å². The molecule has 3 rings (SSSR count). The Morgan fingerprint density at radius 2 is 1.14 bits per heavy atom. The molecular formula is C23H21N3O3. The fourth-order valence-corrected chi connectivity index (χ4v) is 2.77. The van der Waals surface area contributed by atoms with Crippen LogP contribution in [0, 0.1) is 6.92 Å². The van der Waals surface area contributed by atoms with Crippen molar-refractivity contribution >= 4 is 34.8 Å². The molecule has 0 saturated carbocycles. The molecule has 29 heavy (non-hydrogen) atoms. The van der Waals surface area contributed by atoms with Crippen molar-refractivity contribution in [2.45, 2.75) is 13.8 Å². The molecule has 3 N–H and O–H groups in total. The van der Waals surface area contributed by atoms with Crippen LogP contribution in [0.15, 0.2) is 72.8 Å². The van der Waals surface area contributed by atoms with Crippen LogP contribution in [0.5, 0.6) is 0 Å². The Kier molecular flexibility index (Phi) is 6.04. The van der Waals surface area contributed by atoms with Crippen LogP contribution >= 0.6 is 0 Å². The van der Waals surface area contributed by atoms with Crippen molar-refractivity contribution in [3.63, 3.8) is 0 Å². The summed E-state index contributed by atoms with van der Waals surface area (Å²) in [4.78, 5) is 36.0. The first-order chi connectivity index (χ1) is 13.9. The highest BCUT2D eigenvalue weighted by molar-refractivity contribution is 6.07. The van der Waals surface area contributed by atoms with E-state index in [1.807, 2.05) is 19.1 Å². The molecule has 0 spiro atoms. The van der Waals surface area contributed by atoms with Gasteiger partial charge in [0.1, 0.15) is 0 Å². The molecule has 0 aliphatic carbocycles. The summed E-state index contributed by atoms with van der Waals surface area (Å²) in [6.07, 6.45) is 0. The van der Waals surface area contributed by atoms with Gasteiger partial charge >= 0.3 is 0 Å². The van der Waals surface area contributed by atoms with Crippen molar-refractivity contribution in [2.24, 2.45) is 0 Å². The number of anilines is 3. The van der Waals surface area contributed by atoms with E-state index in [2.05, 4.69) is 16.0 Å². The number of carbonyl (C=O) groups is 3. The predicted molar refractivity (Wildman–Crippen MR) is 114 cm³/mol. The van der Waals surface area contributed by atoms with Gasteiger partial charge in [0.25, 0.3) is 11.8 Å². The maximum atomic E-state index is 12.5. The zero-order valence-electron chi connectivity index (χ0n) is 16.2. The van der Waals surface area contributed by atoms with E-state index in [-0.39, 0.29) is 17.7 Å². The number of rotatable bonds is 5. The Balaban J connectivity index is 1.67. The summed E-state index contributed by atoms with van der Waals surface area (Å²) in [5, 5.41) is 8.27. The van der Waals surface area contributed by atoms with Crippen LogP contribution in [-0.2, 0) is 4.79 Å². The van der Waals surface area contributed by atoms with Crippen molar-refractivity contribution in [2.75, 3.05) is 16.0 Å². The molecule has 3 aromatic rings. The molecule has 0 radical (unpaired) electrons. The van der Waals surface area contributed by atoms with Gasteiger partial charge in [-0.25, -0.2) is 0 Å². The smallest absolute Gasteiger partial charge is 0.255 e. The maximum absolute atomic E-state index is 12.5. The Morgan fingerprint density at radius 3 is 1.72 bits per heavy atom. The molecule has 0 unspecified atom stereocenters. The van der Waals surface area contributed by atoms with E-state index in [1.54, 1.807) is 60.7 Å². The SMILES string of the molecule is CC(=O)Nc1ccc(NC(=O)c2cccc(NC(=O)c3cccc(C)c3)c2)cc1. The Morgan fingerprint density at radius 1 is 0.621 bits per heavy atom. The lowest BCUT2D eigenvalue weighted by molar-refractivity contribution is -0.114. The number of benzene rings is 3. The molecule has 0 fully saturated rings. The van der Waals surface area contributed by atoms with Gasteiger partial charge in [-0.15, -0.1) is 0 Å². The molecule has 0 heterocycles. The van der Waals surface area contributed by atoms with Crippen LogP contribution in [0.4, 0.5) is 17.1 Å². The first-order valence-corrected chi connectivity index (χ1v) is 9.08. The van der Waals surface area contributed by atoms with Crippen LogP contribution in [0.3, 0.4) is 0 Å². The van der Waals surface area contributed by atoms with Crippen molar-refractivity contribution in [3.8, 4) is 0 Å². The van der Waals surface area contributed by atoms with E-state index in [9.17, 15) is 14.4 Å². The second kappa shape index (κ2) is 8.84. The average molecular weight is 387 g/mol. The van der Waals surface area contributed by atoms with E-state index in [4.69, 9.17) is 0 Å². The molecule has 3 amide bonds. The molecule has 6 heteroatoms. The van der Waals surface area contributed by atoms with Crippen LogP contribution in [0.1, 0.15) is 33.2 Å². The van der Waals surface area contributed by atoms with Crippen LogP contribution in [0.25, 0.3) is 0 Å². The van der Waals surface area contributed by atoms with Gasteiger partial charge in [-0.2, -0.15) is 0 Å². The highest BCUT2D eigenvalue weighted by Gasteiger charge is 2.10. The van der Waals surface area contributed by atoms with Gasteiger partial charge in [-0.3, -0.25) is 14.4 Å². The minimum absolute atomic E-state index is 0.161. The van der Waals surface area contributed by atoms with E-state index in [1.165, 1.54) is 6.92 Å². The number of carbonyl (C=O) groups excluding carboxylic acids is 3. The molecule has 146 valence electrons.